The number of nitrogens with two attached hydrogens (primary N) is 1. The van der Waals surface area contributed by atoms with E-state index in [-0.39, 0.29) is 11.5 Å². The van der Waals surface area contributed by atoms with Gasteiger partial charge in [-0.3, -0.25) is 0 Å². The van der Waals surface area contributed by atoms with Gasteiger partial charge in [0.05, 0.1) is 5.56 Å². The van der Waals surface area contributed by atoms with E-state index in [9.17, 15) is 4.79 Å². The highest BCUT2D eigenvalue weighted by atomic mass is 16.4. The van der Waals surface area contributed by atoms with Crippen molar-refractivity contribution in [1.29, 1.82) is 0 Å². The number of aromatic carboxylic acids is 1. The third kappa shape index (κ3) is 2.13. The van der Waals surface area contributed by atoms with E-state index in [2.05, 4.69) is 6.58 Å². The Morgan fingerprint density at radius 1 is 1.43 bits per heavy atom. The monoisotopic (exact) mass is 191 g/mol. The lowest BCUT2D eigenvalue weighted by atomic mass is 9.98. The number of hydrogen-bond donors (Lipinski definition) is 2. The van der Waals surface area contributed by atoms with E-state index in [0.717, 1.165) is 5.56 Å². The molecule has 0 fully saturated rings. The molecule has 1 rings (SSSR count). The Morgan fingerprint density at radius 3 is 2.29 bits per heavy atom. The maximum atomic E-state index is 10.6. The van der Waals surface area contributed by atoms with Gasteiger partial charge in [0.15, 0.2) is 0 Å². The minimum atomic E-state index is -0.921. The summed E-state index contributed by atoms with van der Waals surface area (Å²) in [6, 6.07) is 6.65. The summed E-state index contributed by atoms with van der Waals surface area (Å²) < 4.78 is 0. The van der Waals surface area contributed by atoms with Crippen LogP contribution < -0.4 is 5.73 Å². The van der Waals surface area contributed by atoms with Crippen molar-refractivity contribution in [2.45, 2.75) is 12.8 Å². The smallest absolute Gasteiger partial charge is 0.335 e. The summed E-state index contributed by atoms with van der Waals surface area (Å²) in [6.45, 7) is 5.58. The molecule has 3 heteroatoms. The molecule has 0 unspecified atom stereocenters. The van der Waals surface area contributed by atoms with Crippen molar-refractivity contribution >= 4 is 5.97 Å². The molecule has 0 aromatic heterocycles. The third-order valence-electron chi connectivity index (χ3n) is 2.21. The summed E-state index contributed by atoms with van der Waals surface area (Å²) in [7, 11) is 0. The molecular weight excluding hydrogens is 178 g/mol. The minimum absolute atomic E-state index is 0.0536. The van der Waals surface area contributed by atoms with Gasteiger partial charge in [-0.1, -0.05) is 25.6 Å². The van der Waals surface area contributed by atoms with Crippen LogP contribution in [0.1, 0.15) is 28.8 Å². The quantitative estimate of drug-likeness (QED) is 0.767. The lowest BCUT2D eigenvalue weighted by molar-refractivity contribution is 0.0697. The normalized spacial score (nSPS) is 12.1. The number of carboxylic acids is 1. The van der Waals surface area contributed by atoms with Gasteiger partial charge in [-0.05, 0) is 17.7 Å². The fourth-order valence-electron chi connectivity index (χ4n) is 1.13. The molecule has 0 aliphatic carbocycles. The maximum absolute atomic E-state index is 10.6. The standard InChI is InChI=1S/C11H13NO2/c1-7(8(2)12)9-3-5-10(6-4-9)11(13)14/h3-7H,2,12H2,1H3,(H,13,14)/t7-/m0/s1. The van der Waals surface area contributed by atoms with Crippen LogP contribution in [0.25, 0.3) is 0 Å². The molecule has 1 aromatic carbocycles. The second-order valence-electron chi connectivity index (χ2n) is 3.22. The van der Waals surface area contributed by atoms with E-state index in [1.807, 2.05) is 6.92 Å². The van der Waals surface area contributed by atoms with Gasteiger partial charge in [-0.25, -0.2) is 4.79 Å². The molecule has 0 amide bonds. The van der Waals surface area contributed by atoms with E-state index < -0.39 is 5.97 Å². The predicted molar refractivity (Wildman–Crippen MR) is 55.1 cm³/mol. The van der Waals surface area contributed by atoms with Crippen molar-refractivity contribution < 1.29 is 9.90 Å². The number of benzene rings is 1. The van der Waals surface area contributed by atoms with Crippen molar-refractivity contribution in [1.82, 2.24) is 0 Å². The first kappa shape index (κ1) is 10.3. The zero-order chi connectivity index (χ0) is 10.7. The molecule has 1 atom stereocenters. The van der Waals surface area contributed by atoms with E-state index in [1.165, 1.54) is 0 Å². The van der Waals surface area contributed by atoms with Crippen LogP contribution in [0, 0.1) is 0 Å². The number of carboxylic acid groups (broad SMARTS) is 1. The first-order chi connectivity index (χ1) is 6.52. The maximum Gasteiger partial charge on any atom is 0.335 e. The molecule has 0 heterocycles. The Balaban J connectivity index is 2.94. The van der Waals surface area contributed by atoms with E-state index in [1.54, 1.807) is 24.3 Å². The zero-order valence-corrected chi connectivity index (χ0v) is 8.03. The van der Waals surface area contributed by atoms with Crippen LogP contribution in [0.15, 0.2) is 36.5 Å². The van der Waals surface area contributed by atoms with Gasteiger partial charge in [0.25, 0.3) is 0 Å². The summed E-state index contributed by atoms with van der Waals surface area (Å²) in [6.07, 6.45) is 0. The van der Waals surface area contributed by atoms with Crippen molar-refractivity contribution in [2.24, 2.45) is 5.73 Å². The Morgan fingerprint density at radius 2 is 1.93 bits per heavy atom. The largest absolute Gasteiger partial charge is 0.478 e. The van der Waals surface area contributed by atoms with Gasteiger partial charge < -0.3 is 10.8 Å². The average Bonchev–Trinajstić information content (AvgIpc) is 2.16. The summed E-state index contributed by atoms with van der Waals surface area (Å²) in [5.74, 6) is -0.867. The number of hydrogen-bond acceptors (Lipinski definition) is 2. The van der Waals surface area contributed by atoms with Crippen molar-refractivity contribution in [3.05, 3.63) is 47.7 Å². The van der Waals surface area contributed by atoms with Gasteiger partial charge in [0.2, 0.25) is 0 Å². The van der Waals surface area contributed by atoms with Gasteiger partial charge in [0.1, 0.15) is 0 Å². The second kappa shape index (κ2) is 3.96. The molecule has 0 saturated heterocycles. The molecule has 3 N–H and O–H groups in total. The Kier molecular flexibility index (Phi) is 2.92. The van der Waals surface area contributed by atoms with Crippen LogP contribution >= 0.6 is 0 Å². The summed E-state index contributed by atoms with van der Waals surface area (Å²) in [4.78, 5) is 10.6. The van der Waals surface area contributed by atoms with Crippen LogP contribution in [-0.4, -0.2) is 11.1 Å². The van der Waals surface area contributed by atoms with E-state index in [0.29, 0.717) is 5.70 Å². The summed E-state index contributed by atoms with van der Waals surface area (Å²) in [5.41, 5.74) is 7.39. The first-order valence-electron chi connectivity index (χ1n) is 4.30. The topological polar surface area (TPSA) is 63.3 Å². The molecule has 0 aliphatic rings. The highest BCUT2D eigenvalue weighted by Crippen LogP contribution is 2.19. The molecule has 3 nitrogen and oxygen atoms in total. The van der Waals surface area contributed by atoms with Crippen LogP contribution in [0.4, 0.5) is 0 Å². The summed E-state index contributed by atoms with van der Waals surface area (Å²) in [5, 5.41) is 8.68. The van der Waals surface area contributed by atoms with Crippen LogP contribution in [0.5, 0.6) is 0 Å². The van der Waals surface area contributed by atoms with Crippen LogP contribution in [-0.2, 0) is 0 Å². The lowest BCUT2D eigenvalue weighted by Gasteiger charge is -2.10. The first-order valence-corrected chi connectivity index (χ1v) is 4.30. The Bertz CT molecular complexity index is 354. The number of rotatable bonds is 3. The average molecular weight is 191 g/mol. The predicted octanol–water partition coefficient (Wildman–Crippen LogP) is 1.96. The molecular formula is C11H13NO2. The Labute approximate surface area is 82.9 Å². The van der Waals surface area contributed by atoms with Crippen LogP contribution in [0.2, 0.25) is 0 Å². The number of carbonyl (C=O) groups is 1. The highest BCUT2D eigenvalue weighted by Gasteiger charge is 2.07. The van der Waals surface area contributed by atoms with Gasteiger partial charge in [-0.2, -0.15) is 0 Å². The zero-order valence-electron chi connectivity index (χ0n) is 8.03. The molecule has 1 aromatic rings. The second-order valence-corrected chi connectivity index (χ2v) is 3.22. The summed E-state index contributed by atoms with van der Waals surface area (Å²) >= 11 is 0. The van der Waals surface area contributed by atoms with Gasteiger partial charge >= 0.3 is 5.97 Å². The van der Waals surface area contributed by atoms with E-state index >= 15 is 0 Å². The lowest BCUT2D eigenvalue weighted by Crippen LogP contribution is -2.05. The minimum Gasteiger partial charge on any atom is -0.478 e. The molecule has 14 heavy (non-hydrogen) atoms. The third-order valence-corrected chi connectivity index (χ3v) is 2.21. The SMILES string of the molecule is C=C(N)[C@H](C)c1ccc(C(=O)O)cc1. The fraction of sp³-hybridized carbons (Fsp3) is 0.182. The molecule has 0 aliphatic heterocycles. The highest BCUT2D eigenvalue weighted by molar-refractivity contribution is 5.87. The fourth-order valence-corrected chi connectivity index (χ4v) is 1.13. The van der Waals surface area contributed by atoms with Crippen molar-refractivity contribution in [3.63, 3.8) is 0 Å². The number of allylic oxidation sites excluding steroid dienone is 1. The van der Waals surface area contributed by atoms with Crippen molar-refractivity contribution in [3.8, 4) is 0 Å². The molecule has 0 spiro atoms. The molecule has 74 valence electrons. The van der Waals surface area contributed by atoms with Gasteiger partial charge in [0, 0.05) is 11.6 Å². The molecule has 0 bridgehead atoms. The molecule has 0 saturated carbocycles. The Hall–Kier alpha value is -1.77. The molecule has 0 radical (unpaired) electrons. The van der Waals surface area contributed by atoms with E-state index in [4.69, 9.17) is 10.8 Å². The van der Waals surface area contributed by atoms with Crippen LogP contribution in [0.3, 0.4) is 0 Å². The van der Waals surface area contributed by atoms with Gasteiger partial charge in [-0.15, -0.1) is 0 Å². The van der Waals surface area contributed by atoms with Crippen molar-refractivity contribution in [2.75, 3.05) is 0 Å².